The van der Waals surface area contributed by atoms with Crippen LogP contribution in [0.4, 0.5) is 0 Å². The van der Waals surface area contributed by atoms with Crippen LogP contribution in [0.3, 0.4) is 0 Å². The number of ether oxygens (including phenoxy) is 8. The van der Waals surface area contributed by atoms with Crippen LogP contribution < -0.4 is 0 Å². The van der Waals surface area contributed by atoms with Crippen LogP contribution in [0.1, 0.15) is 65.7 Å². The summed E-state index contributed by atoms with van der Waals surface area (Å²) < 4.78 is 45.5. The summed E-state index contributed by atoms with van der Waals surface area (Å²) in [4.78, 5) is 50.2. The molecular formula is C37H54O16. The van der Waals surface area contributed by atoms with E-state index in [0.717, 1.165) is 20.1 Å². The predicted molar refractivity (Wildman–Crippen MR) is 184 cm³/mol. The van der Waals surface area contributed by atoms with E-state index >= 15 is 0 Å². The van der Waals surface area contributed by atoms with Crippen LogP contribution in [-0.4, -0.2) is 133 Å². The molecule has 4 N–H and O–H groups in total. The van der Waals surface area contributed by atoms with E-state index in [1.165, 1.54) is 12.2 Å². The first kappa shape index (κ1) is 43.9. The maximum atomic E-state index is 12.7. The SMILES string of the molecule is COC(=O)/C=C1\CC2C[C@H](CO)OC(=O)C[C@H](O)CCOCC[C@@H]3C[C@H](CC(=O)OC/C=C/C=C/CO)O[C@H](/C=C/C(C)(C)[C@](O)(O2)[C@H]1OC(C)=O)O3. The number of carbonyl (C=O) groups is 4. The third-order valence-electron chi connectivity index (χ3n) is 8.90. The van der Waals surface area contributed by atoms with Crippen molar-refractivity contribution in [3.05, 3.63) is 48.1 Å². The number of rotatable bonds is 9. The fourth-order valence-corrected chi connectivity index (χ4v) is 6.11. The molecule has 8 atom stereocenters. The Morgan fingerprint density at radius 1 is 1.00 bits per heavy atom. The average Bonchev–Trinajstić information content (AvgIpc) is 3.09. The quantitative estimate of drug-likeness (QED) is 0.0860. The van der Waals surface area contributed by atoms with Crippen LogP contribution in [0.15, 0.2) is 48.1 Å². The minimum Gasteiger partial charge on any atom is -0.466 e. The van der Waals surface area contributed by atoms with Gasteiger partial charge in [0.05, 0.1) is 57.6 Å². The highest BCUT2D eigenvalue weighted by Crippen LogP contribution is 2.46. The normalized spacial score (nSPS) is 33.2. The van der Waals surface area contributed by atoms with Gasteiger partial charge in [0.15, 0.2) is 12.4 Å². The van der Waals surface area contributed by atoms with E-state index in [0.29, 0.717) is 12.8 Å². The Hall–Kier alpha value is -3.48. The smallest absolute Gasteiger partial charge is 0.330 e. The van der Waals surface area contributed by atoms with Gasteiger partial charge < -0.3 is 58.3 Å². The zero-order valence-electron chi connectivity index (χ0n) is 30.8. The number of esters is 4. The van der Waals surface area contributed by atoms with Gasteiger partial charge in [0, 0.05) is 44.5 Å². The maximum absolute atomic E-state index is 12.7. The number of allylic oxidation sites excluding steroid dienone is 2. The number of aliphatic hydroxyl groups is 4. The molecule has 16 nitrogen and oxygen atoms in total. The predicted octanol–water partition coefficient (Wildman–Crippen LogP) is 1.47. The van der Waals surface area contributed by atoms with Crippen molar-refractivity contribution in [2.45, 2.75) is 114 Å². The highest BCUT2D eigenvalue weighted by Gasteiger charge is 2.57. The average molecular weight is 755 g/mol. The van der Waals surface area contributed by atoms with E-state index < -0.39 is 84.6 Å². The van der Waals surface area contributed by atoms with E-state index in [4.69, 9.17) is 43.0 Å². The first-order valence-corrected chi connectivity index (χ1v) is 17.7. The molecule has 3 aliphatic rings. The van der Waals surface area contributed by atoms with E-state index in [1.807, 2.05) is 0 Å². The van der Waals surface area contributed by atoms with E-state index in [-0.39, 0.29) is 64.1 Å². The number of hydrogen-bond donors (Lipinski definition) is 4. The van der Waals surface area contributed by atoms with Gasteiger partial charge in [-0.2, -0.15) is 0 Å². The molecule has 0 amide bonds. The van der Waals surface area contributed by atoms with Crippen molar-refractivity contribution < 1.29 is 77.5 Å². The molecule has 298 valence electrons. The number of cyclic esters (lactones) is 1. The van der Waals surface area contributed by atoms with Crippen molar-refractivity contribution in [1.29, 1.82) is 0 Å². The highest BCUT2D eigenvalue weighted by atomic mass is 16.7. The Bertz CT molecular complexity index is 1340. The van der Waals surface area contributed by atoms with Crippen molar-refractivity contribution in [2.75, 3.05) is 40.1 Å². The topological polar surface area (TPSA) is 223 Å². The van der Waals surface area contributed by atoms with Crippen LogP contribution in [0, 0.1) is 5.41 Å². The summed E-state index contributed by atoms with van der Waals surface area (Å²) in [6.45, 7) is 4.00. The van der Waals surface area contributed by atoms with Crippen molar-refractivity contribution in [3.63, 3.8) is 0 Å². The van der Waals surface area contributed by atoms with Gasteiger partial charge in [-0.3, -0.25) is 14.4 Å². The van der Waals surface area contributed by atoms with Crippen molar-refractivity contribution in [2.24, 2.45) is 5.41 Å². The molecule has 2 saturated heterocycles. The van der Waals surface area contributed by atoms with Gasteiger partial charge in [0.1, 0.15) is 12.7 Å². The molecule has 0 radical (unpaired) electrons. The number of fused-ring (bicyclic) bond motifs is 4. The van der Waals surface area contributed by atoms with Gasteiger partial charge in [-0.25, -0.2) is 4.79 Å². The minimum atomic E-state index is -2.36. The number of methoxy groups -OCH3 is 1. The Morgan fingerprint density at radius 3 is 2.42 bits per heavy atom. The standard InChI is InChI=1S/C37H54O16/c1-24(40)49-35-25(18-31(42)46-4)17-29-21-30(23-39)50-33(44)19-26(41)10-15-47-16-11-27-20-28(22-32(43)48-14-8-6-5-7-13-38)52-34(51-27)9-12-36(2,3)37(35,45)53-29/h5-9,12,18,26-30,34-35,38-39,41,45H,10-11,13-17,19-23H2,1-4H3/b7-5+,8-6+,12-9+,25-18+/t26-,27-,28-,29?,30-,34-,35+,37-/m1/s1. The van der Waals surface area contributed by atoms with Crippen molar-refractivity contribution in [1.82, 2.24) is 0 Å². The first-order chi connectivity index (χ1) is 25.2. The van der Waals surface area contributed by atoms with Gasteiger partial charge in [-0.1, -0.05) is 38.2 Å². The second-order valence-corrected chi connectivity index (χ2v) is 13.6. The lowest BCUT2D eigenvalue weighted by Crippen LogP contribution is -2.62. The van der Waals surface area contributed by atoms with E-state index in [1.54, 1.807) is 38.2 Å². The van der Waals surface area contributed by atoms with Gasteiger partial charge in [0.2, 0.25) is 5.79 Å². The summed E-state index contributed by atoms with van der Waals surface area (Å²) in [5.74, 6) is -5.20. The summed E-state index contributed by atoms with van der Waals surface area (Å²) in [6, 6.07) is 0. The largest absolute Gasteiger partial charge is 0.466 e. The summed E-state index contributed by atoms with van der Waals surface area (Å²) in [6.07, 6.45) is 3.99. The lowest BCUT2D eigenvalue weighted by Gasteiger charge is -2.50. The molecule has 16 heteroatoms. The van der Waals surface area contributed by atoms with Gasteiger partial charge in [0.25, 0.3) is 0 Å². The van der Waals surface area contributed by atoms with Crippen LogP contribution in [-0.2, 0) is 57.1 Å². The molecule has 3 heterocycles. The Kier molecular flexibility index (Phi) is 17.8. The van der Waals surface area contributed by atoms with Crippen molar-refractivity contribution in [3.8, 4) is 0 Å². The van der Waals surface area contributed by atoms with Crippen LogP contribution in [0.25, 0.3) is 0 Å². The molecule has 0 aromatic rings. The third kappa shape index (κ3) is 14.0. The molecule has 0 saturated carbocycles. The lowest BCUT2D eigenvalue weighted by molar-refractivity contribution is -0.327. The Balaban J connectivity index is 1.97. The van der Waals surface area contributed by atoms with Crippen LogP contribution in [0.2, 0.25) is 0 Å². The summed E-state index contributed by atoms with van der Waals surface area (Å²) >= 11 is 0. The second-order valence-electron chi connectivity index (χ2n) is 13.6. The molecule has 0 aromatic heterocycles. The fourth-order valence-electron chi connectivity index (χ4n) is 6.11. The molecule has 2 fully saturated rings. The van der Waals surface area contributed by atoms with Gasteiger partial charge in [-0.05, 0) is 37.0 Å². The summed E-state index contributed by atoms with van der Waals surface area (Å²) in [5.41, 5.74) is -1.28. The fraction of sp³-hybridized carbons (Fsp3) is 0.676. The maximum Gasteiger partial charge on any atom is 0.330 e. The minimum absolute atomic E-state index is 0.0186. The molecule has 0 aromatic carbocycles. The summed E-state index contributed by atoms with van der Waals surface area (Å²) in [5, 5.41) is 41.8. The molecule has 0 spiro atoms. The lowest BCUT2D eigenvalue weighted by atomic mass is 9.74. The second kappa shape index (κ2) is 21.4. The molecule has 1 unspecified atom stereocenters. The molecule has 3 rings (SSSR count). The monoisotopic (exact) mass is 754 g/mol. The number of aliphatic hydroxyl groups excluding tert-OH is 3. The van der Waals surface area contributed by atoms with E-state index in [2.05, 4.69) is 0 Å². The van der Waals surface area contributed by atoms with Gasteiger partial charge >= 0.3 is 23.9 Å². The molecule has 3 aliphatic heterocycles. The molecule has 0 aliphatic carbocycles. The molecular weight excluding hydrogens is 700 g/mol. The van der Waals surface area contributed by atoms with Crippen molar-refractivity contribution >= 4 is 23.9 Å². The highest BCUT2D eigenvalue weighted by molar-refractivity contribution is 5.83. The number of hydrogen-bond acceptors (Lipinski definition) is 16. The van der Waals surface area contributed by atoms with Crippen LogP contribution >= 0.6 is 0 Å². The zero-order chi connectivity index (χ0) is 39.0. The molecule has 4 bridgehead atoms. The molecule has 53 heavy (non-hydrogen) atoms. The zero-order valence-corrected chi connectivity index (χ0v) is 30.8. The third-order valence-corrected chi connectivity index (χ3v) is 8.90. The van der Waals surface area contributed by atoms with Crippen LogP contribution in [0.5, 0.6) is 0 Å². The Morgan fingerprint density at radius 2 is 1.72 bits per heavy atom. The Labute approximate surface area is 309 Å². The van der Waals surface area contributed by atoms with E-state index in [9.17, 15) is 34.5 Å². The van der Waals surface area contributed by atoms with Gasteiger partial charge in [-0.15, -0.1) is 0 Å². The first-order valence-electron chi connectivity index (χ1n) is 17.7. The number of carbonyl (C=O) groups excluding carboxylic acids is 4. The summed E-state index contributed by atoms with van der Waals surface area (Å²) in [7, 11) is 1.16.